The van der Waals surface area contributed by atoms with E-state index in [4.69, 9.17) is 4.74 Å². The van der Waals surface area contributed by atoms with Crippen molar-refractivity contribution in [2.75, 3.05) is 6.61 Å². The molecule has 2 aromatic carbocycles. The smallest absolute Gasteiger partial charge is 0.277 e. The molecule has 0 aliphatic rings. The van der Waals surface area contributed by atoms with Gasteiger partial charge in [-0.3, -0.25) is 4.79 Å². The minimum atomic E-state index is -0.268. The number of ether oxygens (including phenoxy) is 1. The van der Waals surface area contributed by atoms with Gasteiger partial charge in [-0.15, -0.1) is 0 Å². The molecular weight excluding hydrogens is 288 g/mol. The van der Waals surface area contributed by atoms with Crippen LogP contribution in [0.1, 0.15) is 30.9 Å². The molecule has 0 aliphatic carbocycles. The van der Waals surface area contributed by atoms with E-state index in [0.29, 0.717) is 5.75 Å². The van der Waals surface area contributed by atoms with E-state index in [0.717, 1.165) is 29.7 Å². The van der Waals surface area contributed by atoms with E-state index >= 15 is 0 Å². The van der Waals surface area contributed by atoms with Gasteiger partial charge in [-0.05, 0) is 31.0 Å². The molecule has 0 bridgehead atoms. The van der Waals surface area contributed by atoms with Crippen molar-refractivity contribution >= 4 is 11.6 Å². The van der Waals surface area contributed by atoms with Gasteiger partial charge in [0.1, 0.15) is 5.75 Å². The first-order valence-electron chi connectivity index (χ1n) is 7.79. The molecule has 4 nitrogen and oxygen atoms in total. The largest absolute Gasteiger partial charge is 0.484 e. The molecule has 0 saturated heterocycles. The summed E-state index contributed by atoms with van der Waals surface area (Å²) in [6, 6.07) is 17.4. The Balaban J connectivity index is 1.91. The van der Waals surface area contributed by atoms with Gasteiger partial charge in [-0.25, -0.2) is 5.43 Å². The van der Waals surface area contributed by atoms with Crippen LogP contribution < -0.4 is 10.2 Å². The van der Waals surface area contributed by atoms with E-state index in [9.17, 15) is 4.79 Å². The first-order valence-corrected chi connectivity index (χ1v) is 7.79. The molecule has 23 heavy (non-hydrogen) atoms. The van der Waals surface area contributed by atoms with Crippen molar-refractivity contribution < 1.29 is 9.53 Å². The summed E-state index contributed by atoms with van der Waals surface area (Å²) in [6.45, 7) is 4.03. The molecule has 120 valence electrons. The number of benzene rings is 2. The zero-order chi connectivity index (χ0) is 16.5. The molecule has 0 aliphatic heterocycles. The predicted molar refractivity (Wildman–Crippen MR) is 92.7 cm³/mol. The second-order valence-electron chi connectivity index (χ2n) is 5.31. The zero-order valence-electron chi connectivity index (χ0n) is 13.6. The van der Waals surface area contributed by atoms with Crippen LogP contribution in [0, 0.1) is 6.92 Å². The molecule has 1 amide bonds. The summed E-state index contributed by atoms with van der Waals surface area (Å²) in [4.78, 5) is 11.9. The average Bonchev–Trinajstić information content (AvgIpc) is 2.59. The molecule has 0 fully saturated rings. The number of nitrogens with zero attached hydrogens (tertiary/aromatic N) is 1. The topological polar surface area (TPSA) is 50.7 Å². The first kappa shape index (κ1) is 16.7. The number of nitrogens with one attached hydrogen (secondary N) is 1. The van der Waals surface area contributed by atoms with E-state index < -0.39 is 0 Å². The number of hydrazone groups is 1. The highest BCUT2D eigenvalue weighted by molar-refractivity contribution is 6.01. The third kappa shape index (κ3) is 5.58. The molecule has 0 saturated carbocycles. The molecular formula is C19H22N2O2. The lowest BCUT2D eigenvalue weighted by molar-refractivity contribution is -0.123. The fraction of sp³-hybridized carbons (Fsp3) is 0.263. The van der Waals surface area contributed by atoms with Gasteiger partial charge in [0.15, 0.2) is 6.61 Å². The second kappa shape index (κ2) is 8.73. The predicted octanol–water partition coefficient (Wildman–Crippen LogP) is 3.69. The fourth-order valence-electron chi connectivity index (χ4n) is 2.08. The van der Waals surface area contributed by atoms with Gasteiger partial charge in [-0.1, -0.05) is 61.4 Å². The summed E-state index contributed by atoms with van der Waals surface area (Å²) < 4.78 is 5.44. The Bertz CT molecular complexity index is 649. The van der Waals surface area contributed by atoms with Crippen molar-refractivity contribution in [3.8, 4) is 5.75 Å². The molecule has 0 unspecified atom stereocenters. The minimum absolute atomic E-state index is 0.0548. The normalized spacial score (nSPS) is 11.1. The van der Waals surface area contributed by atoms with Gasteiger partial charge in [0.25, 0.3) is 5.91 Å². The maximum absolute atomic E-state index is 11.9. The van der Waals surface area contributed by atoms with Gasteiger partial charge >= 0.3 is 0 Å². The summed E-state index contributed by atoms with van der Waals surface area (Å²) in [6.07, 6.45) is 1.77. The van der Waals surface area contributed by atoms with Crippen LogP contribution in [0.25, 0.3) is 0 Å². The molecule has 0 heterocycles. The fourth-order valence-corrected chi connectivity index (χ4v) is 2.08. The molecule has 2 aromatic rings. The summed E-state index contributed by atoms with van der Waals surface area (Å²) in [5, 5.41) is 4.25. The summed E-state index contributed by atoms with van der Waals surface area (Å²) in [5.74, 6) is 0.404. The highest BCUT2D eigenvalue weighted by atomic mass is 16.5. The number of carbonyl (C=O) groups excluding carboxylic acids is 1. The summed E-state index contributed by atoms with van der Waals surface area (Å²) in [5.41, 5.74) is 5.62. The van der Waals surface area contributed by atoms with Crippen LogP contribution in [0.4, 0.5) is 0 Å². The molecule has 2 rings (SSSR count). The van der Waals surface area contributed by atoms with E-state index in [2.05, 4.69) is 17.5 Å². The third-order valence-corrected chi connectivity index (χ3v) is 3.30. The SMILES string of the molecule is CCCC(=NNC(=O)COc1ccc(C)cc1)c1ccccc1. The van der Waals surface area contributed by atoms with E-state index in [-0.39, 0.29) is 12.5 Å². The van der Waals surface area contributed by atoms with Crippen LogP contribution in [0.5, 0.6) is 5.75 Å². The van der Waals surface area contributed by atoms with Gasteiger partial charge in [0.2, 0.25) is 0 Å². The van der Waals surface area contributed by atoms with Gasteiger partial charge < -0.3 is 4.74 Å². The standard InChI is InChI=1S/C19H22N2O2/c1-3-7-18(16-8-5-4-6-9-16)20-21-19(22)14-23-17-12-10-15(2)11-13-17/h4-6,8-13H,3,7,14H2,1-2H3,(H,21,22). The number of carbonyl (C=O) groups is 1. The Hall–Kier alpha value is -2.62. The molecule has 1 N–H and O–H groups in total. The van der Waals surface area contributed by atoms with Crippen molar-refractivity contribution in [3.63, 3.8) is 0 Å². The number of hydrogen-bond donors (Lipinski definition) is 1. The number of aryl methyl sites for hydroxylation is 1. The maximum atomic E-state index is 11.9. The monoisotopic (exact) mass is 310 g/mol. The lowest BCUT2D eigenvalue weighted by Crippen LogP contribution is -2.26. The van der Waals surface area contributed by atoms with Gasteiger partial charge in [-0.2, -0.15) is 5.10 Å². The Labute approximate surface area is 137 Å². The second-order valence-corrected chi connectivity index (χ2v) is 5.31. The van der Waals surface area contributed by atoms with Crippen LogP contribution in [0.2, 0.25) is 0 Å². The zero-order valence-corrected chi connectivity index (χ0v) is 13.6. The summed E-state index contributed by atoms with van der Waals surface area (Å²) >= 11 is 0. The maximum Gasteiger partial charge on any atom is 0.277 e. The lowest BCUT2D eigenvalue weighted by atomic mass is 10.1. The number of hydrogen-bond acceptors (Lipinski definition) is 3. The number of rotatable bonds is 7. The first-order chi connectivity index (χ1) is 11.2. The van der Waals surface area contributed by atoms with Crippen molar-refractivity contribution in [2.24, 2.45) is 5.10 Å². The molecule has 0 aromatic heterocycles. The van der Waals surface area contributed by atoms with Crippen molar-refractivity contribution in [1.82, 2.24) is 5.43 Å². The quantitative estimate of drug-likeness (QED) is 0.626. The Morgan fingerprint density at radius 2 is 1.78 bits per heavy atom. The average molecular weight is 310 g/mol. The lowest BCUT2D eigenvalue weighted by Gasteiger charge is -2.08. The van der Waals surface area contributed by atoms with Crippen LogP contribution >= 0.6 is 0 Å². The van der Waals surface area contributed by atoms with E-state index in [1.807, 2.05) is 61.5 Å². The van der Waals surface area contributed by atoms with Crippen LogP contribution in [-0.4, -0.2) is 18.2 Å². The highest BCUT2D eigenvalue weighted by Gasteiger charge is 2.05. The summed E-state index contributed by atoms with van der Waals surface area (Å²) in [7, 11) is 0. The molecule has 0 spiro atoms. The van der Waals surface area contributed by atoms with E-state index in [1.54, 1.807) is 0 Å². The molecule has 0 atom stereocenters. The molecule has 4 heteroatoms. The van der Waals surface area contributed by atoms with Crippen molar-refractivity contribution in [1.29, 1.82) is 0 Å². The van der Waals surface area contributed by atoms with Crippen molar-refractivity contribution in [3.05, 3.63) is 65.7 Å². The van der Waals surface area contributed by atoms with Crippen molar-refractivity contribution in [2.45, 2.75) is 26.7 Å². The Morgan fingerprint density at radius 1 is 1.09 bits per heavy atom. The van der Waals surface area contributed by atoms with Crippen LogP contribution in [-0.2, 0) is 4.79 Å². The Kier molecular flexibility index (Phi) is 6.36. The third-order valence-electron chi connectivity index (χ3n) is 3.30. The van der Waals surface area contributed by atoms with Gasteiger partial charge in [0.05, 0.1) is 5.71 Å². The number of amides is 1. The Morgan fingerprint density at radius 3 is 2.43 bits per heavy atom. The van der Waals surface area contributed by atoms with Gasteiger partial charge in [0, 0.05) is 0 Å². The van der Waals surface area contributed by atoms with E-state index in [1.165, 1.54) is 0 Å². The minimum Gasteiger partial charge on any atom is -0.484 e. The van der Waals surface area contributed by atoms with Crippen LogP contribution in [0.3, 0.4) is 0 Å². The van der Waals surface area contributed by atoms with Crippen LogP contribution in [0.15, 0.2) is 59.7 Å². The molecule has 0 radical (unpaired) electrons. The highest BCUT2D eigenvalue weighted by Crippen LogP contribution is 2.11.